The molecule has 150 valence electrons. The van der Waals surface area contributed by atoms with E-state index in [0.29, 0.717) is 11.8 Å². The van der Waals surface area contributed by atoms with Crippen molar-refractivity contribution in [2.75, 3.05) is 13.1 Å². The number of aliphatic hydroxyl groups excluding tert-OH is 1. The van der Waals surface area contributed by atoms with Gasteiger partial charge in [-0.05, 0) is 60.1 Å². The molecule has 3 heterocycles. The van der Waals surface area contributed by atoms with E-state index in [2.05, 4.69) is 53.3 Å². The maximum Gasteiger partial charge on any atom is 0.234 e. The van der Waals surface area contributed by atoms with Crippen molar-refractivity contribution in [1.29, 1.82) is 0 Å². The van der Waals surface area contributed by atoms with E-state index in [9.17, 15) is 9.90 Å². The first-order valence-corrected chi connectivity index (χ1v) is 11.7. The molecule has 5 heteroatoms. The molecule has 1 saturated carbocycles. The van der Waals surface area contributed by atoms with E-state index in [-0.39, 0.29) is 41.1 Å². The average Bonchev–Trinajstić information content (AvgIpc) is 3.21. The first-order chi connectivity index (χ1) is 13.6. The second-order valence-electron chi connectivity index (χ2n) is 9.09. The van der Waals surface area contributed by atoms with E-state index in [0.717, 1.165) is 19.5 Å². The molecule has 5 rings (SSSR count). The summed E-state index contributed by atoms with van der Waals surface area (Å²) in [4.78, 5) is 12.6. The molecule has 8 unspecified atom stereocenters. The second-order valence-corrected chi connectivity index (χ2v) is 10.1. The van der Waals surface area contributed by atoms with Crippen LogP contribution in [-0.2, 0) is 4.79 Å². The maximum absolute atomic E-state index is 12.6. The fourth-order valence-corrected chi connectivity index (χ4v) is 7.13. The predicted octanol–water partition coefficient (Wildman–Crippen LogP) is 3.00. The Morgan fingerprint density at radius 1 is 1.18 bits per heavy atom. The number of nitrogens with one attached hydrogen (secondary N) is 2. The standard InChI is InChI=1S/C23H30N2O2S/c1-13-11-18(26)19(20-17-8-10-28-22(17)23(27)25-21(13)20)15-6-4-14(5-7-15)16-3-2-9-24-12-16/h4-8,10,13,16-22,24,26H,2-3,9,11-12H2,1H3,(H,25,27). The van der Waals surface area contributed by atoms with E-state index in [1.54, 1.807) is 11.8 Å². The molecule has 0 aromatic heterocycles. The van der Waals surface area contributed by atoms with Gasteiger partial charge in [-0.1, -0.05) is 37.3 Å². The summed E-state index contributed by atoms with van der Waals surface area (Å²) >= 11 is 1.63. The maximum atomic E-state index is 12.6. The van der Waals surface area contributed by atoms with E-state index in [4.69, 9.17) is 0 Å². The normalized spacial score (nSPS) is 42.6. The lowest BCUT2D eigenvalue weighted by molar-refractivity contribution is -0.128. The minimum absolute atomic E-state index is 0.0335. The Labute approximate surface area is 171 Å². The van der Waals surface area contributed by atoms with Crippen molar-refractivity contribution in [2.24, 2.45) is 17.8 Å². The molecular weight excluding hydrogens is 368 g/mol. The third-order valence-corrected chi connectivity index (χ3v) is 8.58. The highest BCUT2D eigenvalue weighted by Gasteiger charge is 2.53. The first kappa shape index (κ1) is 18.7. The molecule has 1 aliphatic carbocycles. The lowest BCUT2D eigenvalue weighted by atomic mass is 9.60. The van der Waals surface area contributed by atoms with Crippen molar-refractivity contribution in [1.82, 2.24) is 10.6 Å². The quantitative estimate of drug-likeness (QED) is 0.717. The molecule has 1 aromatic rings. The van der Waals surface area contributed by atoms with Crippen molar-refractivity contribution >= 4 is 17.7 Å². The summed E-state index contributed by atoms with van der Waals surface area (Å²) in [6.45, 7) is 4.36. The number of allylic oxidation sites excluding steroid dienone is 1. The van der Waals surface area contributed by atoms with Crippen molar-refractivity contribution < 1.29 is 9.90 Å². The highest BCUT2D eigenvalue weighted by molar-refractivity contribution is 8.03. The number of amides is 1. The van der Waals surface area contributed by atoms with Gasteiger partial charge in [-0.15, -0.1) is 11.8 Å². The van der Waals surface area contributed by atoms with Gasteiger partial charge < -0.3 is 15.7 Å². The number of hydrogen-bond acceptors (Lipinski definition) is 4. The summed E-state index contributed by atoms with van der Waals surface area (Å²) < 4.78 is 0. The lowest BCUT2D eigenvalue weighted by Gasteiger charge is -2.51. The third-order valence-electron chi connectivity index (χ3n) is 7.45. The zero-order valence-corrected chi connectivity index (χ0v) is 17.2. The van der Waals surface area contributed by atoms with Gasteiger partial charge in [0, 0.05) is 24.4 Å². The molecule has 4 aliphatic rings. The third kappa shape index (κ3) is 3.12. The fourth-order valence-electron chi connectivity index (χ4n) is 6.05. The van der Waals surface area contributed by atoms with Gasteiger partial charge in [0.15, 0.2) is 0 Å². The monoisotopic (exact) mass is 398 g/mol. The highest BCUT2D eigenvalue weighted by atomic mass is 32.2. The SMILES string of the molecule is CC1CC(O)C(c2ccc(C3CCCNC3)cc2)C2C3C=CSC3C(=O)NC12. The number of hydrogen-bond donors (Lipinski definition) is 3. The van der Waals surface area contributed by atoms with Crippen molar-refractivity contribution in [3.05, 3.63) is 46.9 Å². The van der Waals surface area contributed by atoms with Crippen LogP contribution in [0, 0.1) is 17.8 Å². The number of thioether (sulfide) groups is 1. The Balaban J connectivity index is 1.45. The highest BCUT2D eigenvalue weighted by Crippen LogP contribution is 2.51. The summed E-state index contributed by atoms with van der Waals surface area (Å²) in [6, 6.07) is 9.16. The molecule has 28 heavy (non-hydrogen) atoms. The van der Waals surface area contributed by atoms with Crippen LogP contribution in [0.5, 0.6) is 0 Å². The number of rotatable bonds is 2. The van der Waals surface area contributed by atoms with Crippen molar-refractivity contribution in [3.63, 3.8) is 0 Å². The largest absolute Gasteiger partial charge is 0.392 e. The zero-order chi connectivity index (χ0) is 19.3. The van der Waals surface area contributed by atoms with E-state index >= 15 is 0 Å². The molecule has 0 radical (unpaired) electrons. The summed E-state index contributed by atoms with van der Waals surface area (Å²) in [5, 5.41) is 19.9. The smallest absolute Gasteiger partial charge is 0.234 e. The van der Waals surface area contributed by atoms with Crippen LogP contribution < -0.4 is 10.6 Å². The number of aliphatic hydroxyl groups is 1. The predicted molar refractivity (Wildman–Crippen MR) is 113 cm³/mol. The van der Waals surface area contributed by atoms with E-state index in [1.165, 1.54) is 24.0 Å². The second kappa shape index (κ2) is 7.51. The zero-order valence-electron chi connectivity index (χ0n) is 16.4. The lowest BCUT2D eigenvalue weighted by Crippen LogP contribution is -2.62. The summed E-state index contributed by atoms with van der Waals surface area (Å²) in [6.07, 6.45) is 5.09. The summed E-state index contributed by atoms with van der Waals surface area (Å²) in [5.41, 5.74) is 2.62. The number of benzene rings is 1. The van der Waals surface area contributed by atoms with Gasteiger partial charge >= 0.3 is 0 Å². The van der Waals surface area contributed by atoms with Crippen LogP contribution in [0.25, 0.3) is 0 Å². The molecule has 3 fully saturated rings. The van der Waals surface area contributed by atoms with Gasteiger partial charge in [-0.2, -0.15) is 0 Å². The minimum Gasteiger partial charge on any atom is -0.392 e. The average molecular weight is 399 g/mol. The van der Waals surface area contributed by atoms with Gasteiger partial charge in [0.05, 0.1) is 11.4 Å². The molecule has 3 N–H and O–H groups in total. The van der Waals surface area contributed by atoms with Crippen LogP contribution >= 0.6 is 11.8 Å². The van der Waals surface area contributed by atoms with E-state index < -0.39 is 0 Å². The number of carbonyl (C=O) groups excluding carboxylic acids is 1. The van der Waals surface area contributed by atoms with Gasteiger partial charge in [0.2, 0.25) is 5.91 Å². The minimum atomic E-state index is -0.354. The molecule has 0 bridgehead atoms. The van der Waals surface area contributed by atoms with Crippen LogP contribution in [-0.4, -0.2) is 41.5 Å². The Hall–Kier alpha value is -1.30. The summed E-state index contributed by atoms with van der Waals surface area (Å²) in [5.74, 6) is 1.62. The Morgan fingerprint density at radius 2 is 1.96 bits per heavy atom. The number of fused-ring (bicyclic) bond motifs is 3. The fraction of sp³-hybridized carbons (Fsp3) is 0.609. The van der Waals surface area contributed by atoms with Crippen LogP contribution in [0.3, 0.4) is 0 Å². The van der Waals surface area contributed by atoms with Crippen LogP contribution in [0.15, 0.2) is 35.7 Å². The number of piperidine rings is 2. The Kier molecular flexibility index (Phi) is 5.02. The molecule has 3 aliphatic heterocycles. The van der Waals surface area contributed by atoms with Gasteiger partial charge in [0.1, 0.15) is 0 Å². The van der Waals surface area contributed by atoms with Crippen LogP contribution in [0.1, 0.15) is 49.1 Å². The molecule has 8 atom stereocenters. The van der Waals surface area contributed by atoms with Crippen LogP contribution in [0.2, 0.25) is 0 Å². The molecule has 4 nitrogen and oxygen atoms in total. The molecular formula is C23H30N2O2S. The molecule has 0 spiro atoms. The van der Waals surface area contributed by atoms with Gasteiger partial charge in [-0.3, -0.25) is 4.79 Å². The number of carbonyl (C=O) groups is 1. The molecule has 1 aromatic carbocycles. The topological polar surface area (TPSA) is 61.4 Å². The molecule has 2 saturated heterocycles. The van der Waals surface area contributed by atoms with Gasteiger partial charge in [0.25, 0.3) is 0 Å². The van der Waals surface area contributed by atoms with Crippen molar-refractivity contribution in [2.45, 2.75) is 55.4 Å². The molecule has 1 amide bonds. The Morgan fingerprint density at radius 3 is 2.71 bits per heavy atom. The van der Waals surface area contributed by atoms with E-state index in [1.807, 2.05) is 0 Å². The Bertz CT molecular complexity index is 758. The summed E-state index contributed by atoms with van der Waals surface area (Å²) in [7, 11) is 0. The van der Waals surface area contributed by atoms with Gasteiger partial charge in [-0.25, -0.2) is 0 Å². The van der Waals surface area contributed by atoms with Crippen LogP contribution in [0.4, 0.5) is 0 Å². The van der Waals surface area contributed by atoms with Crippen molar-refractivity contribution in [3.8, 4) is 0 Å². The first-order valence-electron chi connectivity index (χ1n) is 10.7.